The molecule has 0 heterocycles. The Labute approximate surface area is 181 Å². The van der Waals surface area contributed by atoms with Gasteiger partial charge in [0.1, 0.15) is 5.78 Å². The van der Waals surface area contributed by atoms with E-state index in [1.807, 2.05) is 14.1 Å². The van der Waals surface area contributed by atoms with E-state index < -0.39 is 5.97 Å². The van der Waals surface area contributed by atoms with Gasteiger partial charge in [0.15, 0.2) is 0 Å². The van der Waals surface area contributed by atoms with Crippen LogP contribution in [0.5, 0.6) is 0 Å². The zero-order valence-corrected chi connectivity index (χ0v) is 19.4. The predicted molar refractivity (Wildman–Crippen MR) is 119 cm³/mol. The summed E-state index contributed by atoms with van der Waals surface area (Å²) in [6.45, 7) is 2.94. The van der Waals surface area contributed by atoms with Crippen molar-refractivity contribution in [1.29, 1.82) is 0 Å². The van der Waals surface area contributed by atoms with Crippen LogP contribution < -0.4 is 0 Å². The van der Waals surface area contributed by atoms with E-state index in [2.05, 4.69) is 4.90 Å². The van der Waals surface area contributed by atoms with Crippen molar-refractivity contribution in [3.8, 4) is 0 Å². The van der Waals surface area contributed by atoms with E-state index >= 15 is 0 Å². The Morgan fingerprint density at radius 1 is 0.931 bits per heavy atom. The number of nitrogens with zero attached hydrogens (tertiary/aromatic N) is 1. The molecule has 0 bridgehead atoms. The number of aliphatic carboxylic acids is 1. The third-order valence-corrected chi connectivity index (χ3v) is 5.89. The minimum Gasteiger partial charge on any atom is -0.481 e. The molecule has 0 spiro atoms. The van der Waals surface area contributed by atoms with Crippen molar-refractivity contribution >= 4 is 29.5 Å². The second-order valence-corrected chi connectivity index (χ2v) is 9.11. The number of thioether (sulfide) groups is 1. The summed E-state index contributed by atoms with van der Waals surface area (Å²) in [7, 11) is 4.02. The van der Waals surface area contributed by atoms with Gasteiger partial charge in [0.25, 0.3) is 0 Å². The molecule has 7 heteroatoms. The molecule has 0 saturated carbocycles. The lowest BCUT2D eigenvalue weighted by atomic mass is 10.1. The van der Waals surface area contributed by atoms with Gasteiger partial charge in [-0.1, -0.05) is 25.7 Å². The van der Waals surface area contributed by atoms with Crippen LogP contribution in [0, 0.1) is 5.92 Å². The lowest BCUT2D eigenvalue weighted by Gasteiger charge is -2.18. The largest absolute Gasteiger partial charge is 0.481 e. The molecule has 0 saturated heterocycles. The number of carbonyl (C=O) groups is 3. The Balaban J connectivity index is 3.96. The molecule has 0 aliphatic heterocycles. The Hall–Kier alpha value is -1.08. The summed E-state index contributed by atoms with van der Waals surface area (Å²) in [5, 5.41) is 8.63. The highest BCUT2D eigenvalue weighted by Gasteiger charge is 2.20. The highest BCUT2D eigenvalue weighted by atomic mass is 32.2. The molecule has 0 aromatic rings. The van der Waals surface area contributed by atoms with Crippen LogP contribution in [0.1, 0.15) is 77.6 Å². The van der Waals surface area contributed by atoms with Crippen LogP contribution in [0.4, 0.5) is 0 Å². The molecule has 0 aliphatic rings. The fraction of sp³-hybridized carbons (Fsp3) is 0.864. The van der Waals surface area contributed by atoms with E-state index in [-0.39, 0.29) is 24.1 Å². The Kier molecular flexibility index (Phi) is 18.2. The summed E-state index contributed by atoms with van der Waals surface area (Å²) in [4.78, 5) is 35.9. The van der Waals surface area contributed by atoms with Gasteiger partial charge >= 0.3 is 11.9 Å². The maximum Gasteiger partial charge on any atom is 0.309 e. The minimum absolute atomic E-state index is 0.0767. The van der Waals surface area contributed by atoms with Gasteiger partial charge in [0, 0.05) is 18.6 Å². The molecule has 1 unspecified atom stereocenters. The smallest absolute Gasteiger partial charge is 0.309 e. The molecular formula is C22H41NO5S. The van der Waals surface area contributed by atoms with E-state index in [1.54, 1.807) is 18.7 Å². The second kappa shape index (κ2) is 18.9. The number of carbonyl (C=O) groups excluding carboxylic acids is 2. The van der Waals surface area contributed by atoms with E-state index in [9.17, 15) is 14.4 Å². The normalized spacial score (nSPS) is 12.1. The first kappa shape index (κ1) is 27.9. The number of ether oxygens (including phenoxy) is 1. The van der Waals surface area contributed by atoms with Gasteiger partial charge in [0.2, 0.25) is 0 Å². The first-order valence-corrected chi connectivity index (χ1v) is 12.1. The molecule has 6 nitrogen and oxygen atoms in total. The van der Waals surface area contributed by atoms with Gasteiger partial charge in [-0.3, -0.25) is 9.59 Å². The van der Waals surface area contributed by atoms with Crippen molar-refractivity contribution in [1.82, 2.24) is 4.90 Å². The highest BCUT2D eigenvalue weighted by molar-refractivity contribution is 7.99. The van der Waals surface area contributed by atoms with Gasteiger partial charge < -0.3 is 19.5 Å². The third kappa shape index (κ3) is 20.0. The van der Waals surface area contributed by atoms with Crippen molar-refractivity contribution in [3.63, 3.8) is 0 Å². The van der Waals surface area contributed by atoms with Gasteiger partial charge in [-0.25, -0.2) is 0 Å². The van der Waals surface area contributed by atoms with Crippen molar-refractivity contribution in [2.24, 2.45) is 5.92 Å². The summed E-state index contributed by atoms with van der Waals surface area (Å²) in [5.74, 6) is 1.11. The van der Waals surface area contributed by atoms with Crippen LogP contribution in [0.15, 0.2) is 0 Å². The molecule has 0 amide bonds. The SMILES string of the molecule is CC(=O)CCCCCCOC(=O)C(CCN(C)C)CSCCCCCCC(=O)O. The summed E-state index contributed by atoms with van der Waals surface area (Å²) in [5.41, 5.74) is 0. The average molecular weight is 432 g/mol. The molecule has 1 N–H and O–H groups in total. The van der Waals surface area contributed by atoms with Crippen LogP contribution >= 0.6 is 11.8 Å². The van der Waals surface area contributed by atoms with Gasteiger partial charge in [-0.05, 0) is 65.4 Å². The Morgan fingerprint density at radius 2 is 1.55 bits per heavy atom. The van der Waals surface area contributed by atoms with Crippen LogP contribution in [-0.4, -0.2) is 66.5 Å². The molecule has 29 heavy (non-hydrogen) atoms. The minimum atomic E-state index is -0.724. The number of hydrogen-bond donors (Lipinski definition) is 1. The van der Waals surface area contributed by atoms with Crippen LogP contribution in [0.3, 0.4) is 0 Å². The number of rotatable bonds is 20. The number of carboxylic acids is 1. The van der Waals surface area contributed by atoms with Crippen molar-refractivity contribution in [3.05, 3.63) is 0 Å². The monoisotopic (exact) mass is 431 g/mol. The lowest BCUT2D eigenvalue weighted by Crippen LogP contribution is -2.25. The number of ketones is 1. The van der Waals surface area contributed by atoms with Crippen molar-refractivity contribution < 1.29 is 24.2 Å². The summed E-state index contributed by atoms with van der Waals surface area (Å²) < 4.78 is 5.50. The zero-order chi connectivity index (χ0) is 21.9. The van der Waals surface area contributed by atoms with E-state index in [0.717, 1.165) is 75.8 Å². The summed E-state index contributed by atoms with van der Waals surface area (Å²) >= 11 is 1.79. The molecule has 0 rings (SSSR count). The number of Topliss-reactive ketones (excluding diaryl/α,β-unsaturated/α-hetero) is 1. The first-order chi connectivity index (χ1) is 13.8. The maximum absolute atomic E-state index is 12.4. The number of hydrogen-bond acceptors (Lipinski definition) is 6. The van der Waals surface area contributed by atoms with Crippen LogP contribution in [0.2, 0.25) is 0 Å². The summed E-state index contributed by atoms with van der Waals surface area (Å²) in [6, 6.07) is 0. The molecule has 0 radical (unpaired) electrons. The molecular weight excluding hydrogens is 390 g/mol. The molecule has 0 aromatic carbocycles. The molecule has 0 aromatic heterocycles. The van der Waals surface area contributed by atoms with Crippen LogP contribution in [0.25, 0.3) is 0 Å². The molecule has 0 aliphatic carbocycles. The molecule has 0 fully saturated rings. The first-order valence-electron chi connectivity index (χ1n) is 10.9. The molecule has 170 valence electrons. The average Bonchev–Trinajstić information content (AvgIpc) is 2.64. The van der Waals surface area contributed by atoms with E-state index in [0.29, 0.717) is 13.0 Å². The maximum atomic E-state index is 12.4. The van der Waals surface area contributed by atoms with Gasteiger partial charge in [0.05, 0.1) is 12.5 Å². The fourth-order valence-electron chi connectivity index (χ4n) is 2.86. The van der Waals surface area contributed by atoms with E-state index in [4.69, 9.17) is 9.84 Å². The van der Waals surface area contributed by atoms with Crippen molar-refractivity contribution in [2.45, 2.75) is 77.6 Å². The zero-order valence-electron chi connectivity index (χ0n) is 18.6. The predicted octanol–water partition coefficient (Wildman–Crippen LogP) is 4.41. The van der Waals surface area contributed by atoms with E-state index in [1.165, 1.54) is 0 Å². The lowest BCUT2D eigenvalue weighted by molar-refractivity contribution is -0.148. The van der Waals surface area contributed by atoms with Gasteiger partial charge in [-0.15, -0.1) is 0 Å². The van der Waals surface area contributed by atoms with Crippen LogP contribution in [-0.2, 0) is 19.1 Å². The number of esters is 1. The Bertz CT molecular complexity index is 456. The van der Waals surface area contributed by atoms with Gasteiger partial charge in [-0.2, -0.15) is 11.8 Å². The topological polar surface area (TPSA) is 83.9 Å². The third-order valence-electron chi connectivity index (χ3n) is 4.67. The fourth-order valence-corrected chi connectivity index (χ4v) is 4.03. The number of carboxylic acid groups (broad SMARTS) is 1. The molecule has 1 atom stereocenters. The number of unbranched alkanes of at least 4 members (excludes halogenated alkanes) is 6. The highest BCUT2D eigenvalue weighted by Crippen LogP contribution is 2.17. The summed E-state index contributed by atoms with van der Waals surface area (Å²) in [6.07, 6.45) is 9.24. The standard InChI is InChI=1S/C22H41NO5S/c1-19(24)12-8-4-6-10-16-28-22(27)20(14-15-23(2)3)18-29-17-11-7-5-9-13-21(25)26/h20H,4-18H2,1-3H3,(H,25,26). The van der Waals surface area contributed by atoms with Crippen molar-refractivity contribution in [2.75, 3.05) is 38.8 Å². The Morgan fingerprint density at radius 3 is 2.17 bits per heavy atom. The quantitative estimate of drug-likeness (QED) is 0.226. The second-order valence-electron chi connectivity index (χ2n) is 7.96.